The molecule has 0 aromatic carbocycles. The zero-order chi connectivity index (χ0) is 10.7. The molecule has 0 aromatic rings. The molecule has 0 aromatic heterocycles. The summed E-state index contributed by atoms with van der Waals surface area (Å²) in [6.45, 7) is 4.40. The second kappa shape index (κ2) is 3.82. The summed E-state index contributed by atoms with van der Waals surface area (Å²) in [4.78, 5) is 0. The van der Waals surface area contributed by atoms with Crippen molar-refractivity contribution in [3.63, 3.8) is 0 Å². The van der Waals surface area contributed by atoms with Gasteiger partial charge in [0, 0.05) is 0 Å². The highest BCUT2D eigenvalue weighted by molar-refractivity contribution is 7.87. The Labute approximate surface area is 73.6 Å². The molecule has 0 saturated carbocycles. The molecule has 0 fully saturated rings. The molecule has 0 aliphatic rings. The fourth-order valence-electron chi connectivity index (χ4n) is 0.374. The molecule has 0 aliphatic carbocycles. The number of hydrogen-bond donors (Lipinski definition) is 0. The molecule has 0 rings (SSSR count). The largest absolute Gasteiger partial charge is 0.534 e. The van der Waals surface area contributed by atoms with Crippen LogP contribution >= 0.6 is 0 Å². The van der Waals surface area contributed by atoms with E-state index in [0.717, 1.165) is 12.2 Å². The lowest BCUT2D eigenvalue weighted by molar-refractivity contribution is -0.0519. The maximum absolute atomic E-state index is 11.7. The molecular formula is C6H7F3O3S. The maximum atomic E-state index is 11.7. The second-order valence-electron chi connectivity index (χ2n) is 1.88. The van der Waals surface area contributed by atoms with Gasteiger partial charge in [-0.2, -0.15) is 21.6 Å². The quantitative estimate of drug-likeness (QED) is 0.313. The molecule has 13 heavy (non-hydrogen) atoms. The molecule has 0 N–H and O–H groups in total. The van der Waals surface area contributed by atoms with Crippen molar-refractivity contribution < 1.29 is 25.8 Å². The molecule has 0 aliphatic heterocycles. The second-order valence-corrected chi connectivity index (χ2v) is 3.42. The molecule has 0 bridgehead atoms. The molecule has 0 amide bonds. The van der Waals surface area contributed by atoms with Crippen LogP contribution in [0.5, 0.6) is 0 Å². The van der Waals surface area contributed by atoms with Crippen molar-refractivity contribution in [2.75, 3.05) is 0 Å². The topological polar surface area (TPSA) is 43.4 Å². The highest BCUT2D eigenvalue weighted by Gasteiger charge is 2.48. The van der Waals surface area contributed by atoms with Gasteiger partial charge in [-0.1, -0.05) is 6.58 Å². The Kier molecular flexibility index (Phi) is 3.53. The SMILES string of the molecule is C=CC(=CC)OS(=O)(=O)C(F)(F)F. The predicted octanol–water partition coefficient (Wildman–Crippen LogP) is 1.94. The summed E-state index contributed by atoms with van der Waals surface area (Å²) < 4.78 is 59.5. The zero-order valence-electron chi connectivity index (χ0n) is 6.63. The number of halogens is 3. The van der Waals surface area contributed by atoms with Gasteiger partial charge in [-0.05, 0) is 19.1 Å². The van der Waals surface area contributed by atoms with Crippen molar-refractivity contribution in [1.29, 1.82) is 0 Å². The van der Waals surface area contributed by atoms with E-state index in [4.69, 9.17) is 0 Å². The molecule has 0 spiro atoms. The molecular weight excluding hydrogens is 209 g/mol. The Morgan fingerprint density at radius 1 is 1.46 bits per heavy atom. The van der Waals surface area contributed by atoms with E-state index in [-0.39, 0.29) is 0 Å². The minimum absolute atomic E-state index is 0.461. The van der Waals surface area contributed by atoms with Crippen LogP contribution in [0.15, 0.2) is 24.5 Å². The Balaban J connectivity index is 4.83. The molecule has 76 valence electrons. The van der Waals surface area contributed by atoms with E-state index < -0.39 is 21.4 Å². The number of alkyl halides is 3. The van der Waals surface area contributed by atoms with Crippen LogP contribution in [0.3, 0.4) is 0 Å². The van der Waals surface area contributed by atoms with Gasteiger partial charge in [-0.3, -0.25) is 0 Å². The van der Waals surface area contributed by atoms with Crippen molar-refractivity contribution in [3.05, 3.63) is 24.5 Å². The molecule has 0 radical (unpaired) electrons. The average molecular weight is 216 g/mol. The molecule has 3 nitrogen and oxygen atoms in total. The van der Waals surface area contributed by atoms with E-state index in [0.29, 0.717) is 0 Å². The summed E-state index contributed by atoms with van der Waals surface area (Å²) in [5, 5.41) is 0. The average Bonchev–Trinajstić information content (AvgIpc) is 1.98. The van der Waals surface area contributed by atoms with Crippen LogP contribution in [0, 0.1) is 0 Å². The fourth-order valence-corrected chi connectivity index (χ4v) is 0.886. The van der Waals surface area contributed by atoms with Crippen molar-refractivity contribution in [2.45, 2.75) is 12.4 Å². The standard InChI is InChI=1S/C6H7F3O3S/c1-3-5(4-2)12-13(10,11)6(7,8)9/h3-4H,1H2,2H3. The van der Waals surface area contributed by atoms with Gasteiger partial charge in [0.15, 0.2) is 0 Å². The summed E-state index contributed by atoms with van der Waals surface area (Å²) in [5.74, 6) is -0.461. The van der Waals surface area contributed by atoms with Gasteiger partial charge in [0.05, 0.1) is 0 Å². The fraction of sp³-hybridized carbons (Fsp3) is 0.333. The van der Waals surface area contributed by atoms with Crippen molar-refractivity contribution in [2.24, 2.45) is 0 Å². The first kappa shape index (κ1) is 12.0. The highest BCUT2D eigenvalue weighted by Crippen LogP contribution is 2.26. The molecule has 0 atom stereocenters. The zero-order valence-corrected chi connectivity index (χ0v) is 7.45. The Morgan fingerprint density at radius 3 is 2.15 bits per heavy atom. The van der Waals surface area contributed by atoms with Gasteiger partial charge in [-0.25, -0.2) is 0 Å². The van der Waals surface area contributed by atoms with Gasteiger partial charge in [0.1, 0.15) is 5.76 Å². The lowest BCUT2D eigenvalue weighted by atomic mass is 10.5. The van der Waals surface area contributed by atoms with E-state index in [1.807, 2.05) is 0 Å². The van der Waals surface area contributed by atoms with Crippen LogP contribution in [0.2, 0.25) is 0 Å². The molecule has 0 heterocycles. The van der Waals surface area contributed by atoms with Gasteiger partial charge in [0.25, 0.3) is 0 Å². The van der Waals surface area contributed by atoms with E-state index in [1.165, 1.54) is 6.92 Å². The minimum Gasteiger partial charge on any atom is -0.376 e. The summed E-state index contributed by atoms with van der Waals surface area (Å²) in [6, 6.07) is 0. The monoisotopic (exact) mass is 216 g/mol. The number of hydrogen-bond acceptors (Lipinski definition) is 3. The van der Waals surface area contributed by atoms with Crippen LogP contribution in [-0.2, 0) is 14.3 Å². The molecule has 0 saturated heterocycles. The van der Waals surface area contributed by atoms with Crippen molar-refractivity contribution in [3.8, 4) is 0 Å². The molecule has 7 heteroatoms. The van der Waals surface area contributed by atoms with Gasteiger partial charge in [-0.15, -0.1) is 0 Å². The third-order valence-corrected chi connectivity index (χ3v) is 1.95. The van der Waals surface area contributed by atoms with Gasteiger partial charge in [0.2, 0.25) is 0 Å². The third-order valence-electron chi connectivity index (χ3n) is 0.975. The van der Waals surface area contributed by atoms with E-state index in [9.17, 15) is 21.6 Å². The highest BCUT2D eigenvalue weighted by atomic mass is 32.2. The Hall–Kier alpha value is -0.980. The normalized spacial score (nSPS) is 14.0. The van der Waals surface area contributed by atoms with E-state index in [1.54, 1.807) is 0 Å². The maximum Gasteiger partial charge on any atom is 0.534 e. The van der Waals surface area contributed by atoms with E-state index >= 15 is 0 Å². The van der Waals surface area contributed by atoms with Crippen molar-refractivity contribution in [1.82, 2.24) is 0 Å². The summed E-state index contributed by atoms with van der Waals surface area (Å²) in [5.41, 5.74) is -5.41. The van der Waals surface area contributed by atoms with Gasteiger partial charge >= 0.3 is 15.6 Å². The number of rotatable bonds is 3. The first-order valence-corrected chi connectivity index (χ1v) is 4.45. The van der Waals surface area contributed by atoms with Crippen LogP contribution in [0.1, 0.15) is 6.92 Å². The smallest absolute Gasteiger partial charge is 0.376 e. The van der Waals surface area contributed by atoms with Crippen LogP contribution in [-0.4, -0.2) is 13.9 Å². The summed E-state index contributed by atoms with van der Waals surface area (Å²) in [6.07, 6.45) is 1.92. The Bertz CT molecular complexity index is 313. The van der Waals surface area contributed by atoms with Gasteiger partial charge < -0.3 is 4.18 Å². The third kappa shape index (κ3) is 3.10. The van der Waals surface area contributed by atoms with Crippen LogP contribution in [0.4, 0.5) is 13.2 Å². The van der Waals surface area contributed by atoms with Crippen LogP contribution < -0.4 is 0 Å². The van der Waals surface area contributed by atoms with E-state index in [2.05, 4.69) is 10.8 Å². The first-order valence-electron chi connectivity index (χ1n) is 3.04. The summed E-state index contributed by atoms with van der Waals surface area (Å²) in [7, 11) is -5.56. The lowest BCUT2D eigenvalue weighted by Crippen LogP contribution is -2.25. The number of allylic oxidation sites excluding steroid dienone is 2. The first-order chi connectivity index (χ1) is 5.74. The predicted molar refractivity (Wildman–Crippen MR) is 40.0 cm³/mol. The van der Waals surface area contributed by atoms with Crippen molar-refractivity contribution >= 4 is 10.1 Å². The summed E-state index contributed by atoms with van der Waals surface area (Å²) >= 11 is 0. The Morgan fingerprint density at radius 2 is 1.92 bits per heavy atom. The lowest BCUT2D eigenvalue weighted by Gasteiger charge is -2.08. The molecule has 0 unspecified atom stereocenters. The van der Waals surface area contributed by atoms with Crippen LogP contribution in [0.25, 0.3) is 0 Å². The minimum atomic E-state index is -5.56.